The molecule has 1 aliphatic carbocycles. The van der Waals surface area contributed by atoms with Crippen molar-refractivity contribution in [3.05, 3.63) is 33.1 Å². The number of carbonyl (C=O) groups is 1. The lowest BCUT2D eigenvalue weighted by atomic mass is 9.78. The highest BCUT2D eigenvalue weighted by molar-refractivity contribution is 5.76. The summed E-state index contributed by atoms with van der Waals surface area (Å²) in [7, 11) is 0. The summed E-state index contributed by atoms with van der Waals surface area (Å²) < 4.78 is 1.27. The van der Waals surface area contributed by atoms with Crippen LogP contribution in [0.25, 0.3) is 0 Å². The Morgan fingerprint density at radius 2 is 1.95 bits per heavy atom. The van der Waals surface area contributed by atoms with Gasteiger partial charge in [0.1, 0.15) is 6.54 Å². The van der Waals surface area contributed by atoms with E-state index < -0.39 is 11.2 Å². The number of hydrogen-bond donors (Lipinski definition) is 1. The molecule has 0 aromatic carbocycles. The minimum absolute atomic E-state index is 0.0127. The Hall–Kier alpha value is -1.85. The molecule has 1 saturated carbocycles. The molecule has 0 radical (unpaired) electrons. The van der Waals surface area contributed by atoms with Crippen molar-refractivity contribution in [3.8, 4) is 0 Å². The van der Waals surface area contributed by atoms with E-state index in [2.05, 4.69) is 4.98 Å². The van der Waals surface area contributed by atoms with E-state index in [0.29, 0.717) is 12.0 Å². The number of aromatic nitrogens is 2. The summed E-state index contributed by atoms with van der Waals surface area (Å²) in [6, 6.07) is 1.62. The topological polar surface area (TPSA) is 75.2 Å². The molecule has 6 nitrogen and oxygen atoms in total. The lowest BCUT2D eigenvalue weighted by Crippen LogP contribution is -2.51. The van der Waals surface area contributed by atoms with Gasteiger partial charge >= 0.3 is 5.69 Å². The third-order valence-electron chi connectivity index (χ3n) is 4.77. The van der Waals surface area contributed by atoms with Crippen LogP contribution < -0.4 is 11.2 Å². The first-order valence-electron chi connectivity index (χ1n) is 7.74. The van der Waals surface area contributed by atoms with E-state index in [1.54, 1.807) is 0 Å². The summed E-state index contributed by atoms with van der Waals surface area (Å²) in [4.78, 5) is 39.4. The van der Waals surface area contributed by atoms with Crippen molar-refractivity contribution >= 4 is 5.91 Å². The summed E-state index contributed by atoms with van der Waals surface area (Å²) in [6.45, 7) is 0.803. The van der Waals surface area contributed by atoms with Gasteiger partial charge in [0.25, 0.3) is 5.56 Å². The van der Waals surface area contributed by atoms with Crippen molar-refractivity contribution in [2.45, 2.75) is 51.1 Å². The summed E-state index contributed by atoms with van der Waals surface area (Å²) in [5, 5.41) is 0. The number of carbonyl (C=O) groups excluding carboxylic acids is 1. The number of piperidine rings is 1. The van der Waals surface area contributed by atoms with Crippen LogP contribution in [0.4, 0.5) is 0 Å². The fourth-order valence-corrected chi connectivity index (χ4v) is 3.74. The van der Waals surface area contributed by atoms with Crippen LogP contribution in [-0.2, 0) is 11.3 Å². The lowest BCUT2D eigenvalue weighted by Gasteiger charge is -2.44. The molecule has 1 saturated heterocycles. The van der Waals surface area contributed by atoms with Gasteiger partial charge in [0.2, 0.25) is 5.91 Å². The highest BCUT2D eigenvalue weighted by Crippen LogP contribution is 2.35. The molecule has 0 spiro atoms. The van der Waals surface area contributed by atoms with Crippen molar-refractivity contribution in [1.29, 1.82) is 0 Å². The van der Waals surface area contributed by atoms with Gasteiger partial charge in [0, 0.05) is 24.8 Å². The molecule has 1 amide bonds. The Bertz CT molecular complexity index is 632. The van der Waals surface area contributed by atoms with Gasteiger partial charge in [0.15, 0.2) is 0 Å². The minimum Gasteiger partial charge on any atom is -0.338 e. The first-order chi connectivity index (χ1) is 10.1. The predicted octanol–water partition coefficient (Wildman–Crippen LogP) is 0.718. The fraction of sp³-hybridized carbons (Fsp3) is 0.667. The van der Waals surface area contributed by atoms with Crippen LogP contribution in [0.3, 0.4) is 0 Å². The van der Waals surface area contributed by atoms with Crippen molar-refractivity contribution < 1.29 is 4.79 Å². The van der Waals surface area contributed by atoms with Crippen LogP contribution in [-0.4, -0.2) is 32.9 Å². The zero-order valence-electron chi connectivity index (χ0n) is 12.1. The predicted molar refractivity (Wildman–Crippen MR) is 78.0 cm³/mol. The molecule has 0 bridgehead atoms. The van der Waals surface area contributed by atoms with E-state index in [1.165, 1.54) is 42.5 Å². The van der Waals surface area contributed by atoms with Crippen molar-refractivity contribution in [1.82, 2.24) is 14.5 Å². The molecule has 0 unspecified atom stereocenters. The minimum atomic E-state index is -0.520. The molecule has 1 N–H and O–H groups in total. The van der Waals surface area contributed by atoms with E-state index in [0.717, 1.165) is 19.4 Å². The molecular formula is C15H21N3O3. The largest absolute Gasteiger partial charge is 0.338 e. The molecule has 1 aliphatic heterocycles. The van der Waals surface area contributed by atoms with Gasteiger partial charge in [-0.1, -0.05) is 12.8 Å². The molecule has 21 heavy (non-hydrogen) atoms. The molecule has 2 heterocycles. The van der Waals surface area contributed by atoms with Crippen molar-refractivity contribution in [2.75, 3.05) is 6.54 Å². The second-order valence-electron chi connectivity index (χ2n) is 6.08. The maximum Gasteiger partial charge on any atom is 0.328 e. The van der Waals surface area contributed by atoms with E-state index in [-0.39, 0.29) is 12.5 Å². The van der Waals surface area contributed by atoms with E-state index in [9.17, 15) is 14.4 Å². The third kappa shape index (κ3) is 2.94. The Labute approximate surface area is 122 Å². The van der Waals surface area contributed by atoms with Crippen LogP contribution in [0.1, 0.15) is 38.5 Å². The van der Waals surface area contributed by atoms with Crippen LogP contribution in [0.2, 0.25) is 0 Å². The highest BCUT2D eigenvalue weighted by Gasteiger charge is 2.35. The molecule has 114 valence electrons. The fourth-order valence-electron chi connectivity index (χ4n) is 3.74. The number of rotatable bonds is 2. The zero-order chi connectivity index (χ0) is 14.8. The van der Waals surface area contributed by atoms with Gasteiger partial charge in [-0.05, 0) is 31.6 Å². The van der Waals surface area contributed by atoms with Crippen molar-refractivity contribution in [3.63, 3.8) is 0 Å². The van der Waals surface area contributed by atoms with Crippen LogP contribution in [0, 0.1) is 5.92 Å². The molecule has 2 atom stereocenters. The first kappa shape index (κ1) is 14.1. The Balaban J connectivity index is 1.74. The Kier molecular flexibility index (Phi) is 3.94. The monoisotopic (exact) mass is 291 g/mol. The van der Waals surface area contributed by atoms with Gasteiger partial charge < -0.3 is 4.90 Å². The SMILES string of the molecule is O=C(Cn1ccc(=O)[nH]c1=O)N1CCC[C@H]2CCCC[C@H]21. The second kappa shape index (κ2) is 5.87. The molecule has 3 rings (SSSR count). The second-order valence-corrected chi connectivity index (χ2v) is 6.08. The number of amides is 1. The Morgan fingerprint density at radius 1 is 1.19 bits per heavy atom. The highest BCUT2D eigenvalue weighted by atomic mass is 16.2. The maximum atomic E-state index is 12.5. The molecule has 1 aromatic heterocycles. The van der Waals surface area contributed by atoms with E-state index in [4.69, 9.17) is 0 Å². The summed E-state index contributed by atoms with van der Waals surface area (Å²) in [6.07, 6.45) is 8.40. The quantitative estimate of drug-likeness (QED) is 0.872. The molecule has 6 heteroatoms. The average Bonchev–Trinajstić information content (AvgIpc) is 2.49. The molecule has 2 fully saturated rings. The number of likely N-dealkylation sites (tertiary alicyclic amines) is 1. The van der Waals surface area contributed by atoms with E-state index in [1.807, 2.05) is 4.90 Å². The van der Waals surface area contributed by atoms with Crippen LogP contribution in [0.5, 0.6) is 0 Å². The number of nitrogens with one attached hydrogen (secondary N) is 1. The van der Waals surface area contributed by atoms with Crippen molar-refractivity contribution in [2.24, 2.45) is 5.92 Å². The first-order valence-corrected chi connectivity index (χ1v) is 7.74. The van der Waals surface area contributed by atoms with Crippen LogP contribution >= 0.6 is 0 Å². The smallest absolute Gasteiger partial charge is 0.328 e. The standard InChI is InChI=1S/C15H21N3O3/c19-13-7-9-17(15(21)16-13)10-14(20)18-8-3-5-11-4-1-2-6-12(11)18/h7,9,11-12H,1-6,8,10H2,(H,16,19,21)/t11-,12-/m1/s1. The summed E-state index contributed by atoms with van der Waals surface area (Å²) in [5.41, 5.74) is -0.956. The maximum absolute atomic E-state index is 12.5. The summed E-state index contributed by atoms with van der Waals surface area (Å²) in [5.74, 6) is 0.615. The molecule has 2 aliphatic rings. The van der Waals surface area contributed by atoms with Gasteiger partial charge in [-0.2, -0.15) is 0 Å². The number of hydrogen-bond acceptors (Lipinski definition) is 3. The third-order valence-corrected chi connectivity index (χ3v) is 4.77. The number of nitrogens with zero attached hydrogens (tertiary/aromatic N) is 2. The number of H-pyrrole nitrogens is 1. The van der Waals surface area contributed by atoms with Gasteiger partial charge in [-0.3, -0.25) is 19.1 Å². The number of aromatic amines is 1. The summed E-state index contributed by atoms with van der Waals surface area (Å²) >= 11 is 0. The zero-order valence-corrected chi connectivity index (χ0v) is 12.1. The lowest BCUT2D eigenvalue weighted by molar-refractivity contribution is -0.138. The number of fused-ring (bicyclic) bond motifs is 1. The normalized spacial score (nSPS) is 25.4. The van der Waals surface area contributed by atoms with Gasteiger partial charge in [0.05, 0.1) is 0 Å². The van der Waals surface area contributed by atoms with Gasteiger partial charge in [-0.15, -0.1) is 0 Å². The van der Waals surface area contributed by atoms with Crippen LogP contribution in [0.15, 0.2) is 21.9 Å². The van der Waals surface area contributed by atoms with E-state index >= 15 is 0 Å². The average molecular weight is 291 g/mol. The Morgan fingerprint density at radius 3 is 2.76 bits per heavy atom. The molecular weight excluding hydrogens is 270 g/mol. The molecule has 1 aromatic rings. The van der Waals surface area contributed by atoms with Gasteiger partial charge in [-0.25, -0.2) is 4.79 Å².